The molecular weight excluding hydrogens is 1030 g/mol. The third-order valence-electron chi connectivity index (χ3n) is 13.8. The minimum Gasteiger partial charge on any atom is -0.508 e. The Morgan fingerprint density at radius 1 is 0.789 bits per heavy atom. The molecule has 0 saturated carbocycles. The van der Waals surface area contributed by atoms with E-state index in [9.17, 15) is 49.8 Å². The molecule has 6 aromatic carbocycles. The highest BCUT2D eigenvalue weighted by Gasteiger charge is 2.46. The Morgan fingerprint density at radius 3 is 2.16 bits per heavy atom. The maximum absolute atomic E-state index is 14.7. The number of aliphatic hydroxyl groups excluding tert-OH is 2. The first kappa shape index (κ1) is 53.2. The van der Waals surface area contributed by atoms with Gasteiger partial charge in [0.15, 0.2) is 17.5 Å². The molecular formula is C55H53Cl2N5O14. The van der Waals surface area contributed by atoms with Crippen molar-refractivity contribution in [3.8, 4) is 62.5 Å². The van der Waals surface area contributed by atoms with E-state index < -0.39 is 95.2 Å². The summed E-state index contributed by atoms with van der Waals surface area (Å²) in [6.07, 6.45) is -4.63. The maximum Gasteiger partial charge on any atom is 0.330 e. The van der Waals surface area contributed by atoms with Gasteiger partial charge >= 0.3 is 5.97 Å². The first-order valence-corrected chi connectivity index (χ1v) is 24.7. The van der Waals surface area contributed by atoms with E-state index in [4.69, 9.17) is 42.1 Å². The van der Waals surface area contributed by atoms with Crippen molar-refractivity contribution in [3.63, 3.8) is 0 Å². The summed E-state index contributed by atoms with van der Waals surface area (Å²) in [4.78, 5) is 56.8. The highest BCUT2D eigenvalue weighted by Crippen LogP contribution is 2.47. The van der Waals surface area contributed by atoms with Gasteiger partial charge in [0.1, 0.15) is 47.2 Å². The summed E-state index contributed by atoms with van der Waals surface area (Å²) in [5.74, 6) is -6.64. The number of likely N-dealkylation sites (N-methyl/N-ethyl adjacent to an activating group) is 1. The fourth-order valence-corrected chi connectivity index (χ4v) is 10.1. The van der Waals surface area contributed by atoms with Crippen molar-refractivity contribution in [2.24, 2.45) is 0 Å². The van der Waals surface area contributed by atoms with Crippen LogP contribution in [0.1, 0.15) is 72.3 Å². The molecule has 6 aromatic rings. The molecule has 21 heteroatoms. The lowest BCUT2D eigenvalue weighted by Gasteiger charge is -2.45. The molecule has 4 aliphatic rings. The Morgan fingerprint density at radius 2 is 1.49 bits per heavy atom. The number of benzene rings is 6. The SMILES string of the molecule is CNC1C(=O)NC2C(=O)NC(C(=O)NC(C(=O)O)c3cc(O)cc(O)c3-c3cc2ccc3O)C(O)c2ccc(c(Cl)c2)Oc2cc1cc(OC)c2OC1CC(C)(NCc2ccc(-c3ccc(Cl)cc3)cc2)C(O)C(C)O1. The van der Waals surface area contributed by atoms with Crippen LogP contribution in [0.5, 0.6) is 40.2 Å². The molecule has 8 bridgehead atoms. The van der Waals surface area contributed by atoms with Crippen LogP contribution < -0.4 is 40.8 Å². The Balaban J connectivity index is 1.10. The molecule has 1 fully saturated rings. The highest BCUT2D eigenvalue weighted by molar-refractivity contribution is 6.32. The number of aliphatic hydroxyl groups is 2. The van der Waals surface area contributed by atoms with Gasteiger partial charge in [-0.25, -0.2) is 4.79 Å². The van der Waals surface area contributed by atoms with Gasteiger partial charge in [-0.05, 0) is 109 Å². The molecule has 4 aliphatic heterocycles. The standard InChI is InChI=1S/C55H53Cl2N5O14/c1-25-50(67)55(2,59-24-26-5-7-27(8-6-26)28-9-13-32(56)14-10-28)23-42(74-25)76-49-40(73-4)19-31-20-41(49)75-39-16-12-30(18-36(39)57)48(66)47-53(70)61-46(54(71)72)35-21-33(63)22-38(65)43(35)34-17-29(11-15-37(34)64)45(52(69)62-47)60-51(68)44(31)58-3/h5-22,25,42,44-48,50,58-59,63-67H,23-24H2,1-4H3,(H,60,68)(H,61,70)(H,62,69)(H,71,72). The van der Waals surface area contributed by atoms with Gasteiger partial charge in [0, 0.05) is 40.7 Å². The summed E-state index contributed by atoms with van der Waals surface area (Å²) in [5.41, 5.74) is 1.16. The van der Waals surface area contributed by atoms with E-state index in [2.05, 4.69) is 26.6 Å². The molecule has 0 radical (unpaired) electrons. The second-order valence-corrected chi connectivity index (χ2v) is 19.8. The minimum absolute atomic E-state index is 0.00133. The molecule has 10 rings (SSSR count). The summed E-state index contributed by atoms with van der Waals surface area (Å²) in [6, 6.07) is 21.0. The van der Waals surface area contributed by atoms with E-state index in [1.54, 1.807) is 6.92 Å². The molecule has 19 nitrogen and oxygen atoms in total. The lowest BCUT2D eigenvalue weighted by atomic mass is 9.85. The molecule has 0 aromatic heterocycles. The number of hydrogen-bond acceptors (Lipinski definition) is 15. The van der Waals surface area contributed by atoms with Crippen molar-refractivity contribution in [3.05, 3.63) is 147 Å². The molecule has 0 spiro atoms. The minimum atomic E-state index is -2.05. The Hall–Kier alpha value is -7.62. The number of nitrogens with one attached hydrogen (secondary N) is 5. The van der Waals surface area contributed by atoms with Crippen molar-refractivity contribution < 1.29 is 68.8 Å². The third-order valence-corrected chi connectivity index (χ3v) is 14.4. The maximum atomic E-state index is 14.7. The van der Waals surface area contributed by atoms with Gasteiger partial charge in [-0.1, -0.05) is 71.7 Å². The second-order valence-electron chi connectivity index (χ2n) is 18.9. The number of aromatic hydroxyl groups is 3. The lowest BCUT2D eigenvalue weighted by Crippen LogP contribution is -2.62. The molecule has 76 heavy (non-hydrogen) atoms. The van der Waals surface area contributed by atoms with Crippen LogP contribution in [-0.2, 0) is 30.5 Å². The molecule has 3 amide bonds. The highest BCUT2D eigenvalue weighted by atomic mass is 35.5. The predicted octanol–water partition coefficient (Wildman–Crippen LogP) is 6.57. The first-order valence-electron chi connectivity index (χ1n) is 23.9. The second kappa shape index (κ2) is 21.5. The largest absolute Gasteiger partial charge is 0.508 e. The number of hydrogen-bond donors (Lipinski definition) is 11. The monoisotopic (exact) mass is 1080 g/mol. The molecule has 4 heterocycles. The number of carboxylic acid groups (broad SMARTS) is 1. The fourth-order valence-electron chi connectivity index (χ4n) is 9.78. The topological polar surface area (TPSA) is 287 Å². The number of phenolic OH excluding ortho intramolecular Hbond substituents is 3. The third kappa shape index (κ3) is 10.6. The number of carboxylic acids is 1. The number of ether oxygens (including phenoxy) is 4. The molecule has 396 valence electrons. The van der Waals surface area contributed by atoms with Crippen LogP contribution in [0.4, 0.5) is 0 Å². The number of phenols is 3. The number of aliphatic carboxylic acids is 1. The van der Waals surface area contributed by atoms with Gasteiger partial charge in [0.05, 0.1) is 29.9 Å². The summed E-state index contributed by atoms with van der Waals surface area (Å²) in [5, 5.41) is 81.6. The smallest absolute Gasteiger partial charge is 0.330 e. The fraction of sp³-hybridized carbons (Fsp3) is 0.273. The van der Waals surface area contributed by atoms with Crippen molar-refractivity contribution in [1.29, 1.82) is 0 Å². The Kier molecular flexibility index (Phi) is 15.1. The number of methoxy groups -OCH3 is 1. The summed E-state index contributed by atoms with van der Waals surface area (Å²) < 4.78 is 25.3. The van der Waals surface area contributed by atoms with Gasteiger partial charge in [-0.2, -0.15) is 0 Å². The zero-order chi connectivity index (χ0) is 54.3. The normalized spacial score (nSPS) is 24.4. The number of fused-ring (bicyclic) bond motifs is 8. The number of amides is 3. The van der Waals surface area contributed by atoms with Crippen LogP contribution in [0.3, 0.4) is 0 Å². The van der Waals surface area contributed by atoms with Crippen LogP contribution >= 0.6 is 23.2 Å². The number of rotatable bonds is 9. The van der Waals surface area contributed by atoms with Crippen LogP contribution in [0, 0.1) is 0 Å². The van der Waals surface area contributed by atoms with E-state index in [1.807, 2.05) is 55.5 Å². The van der Waals surface area contributed by atoms with Crippen LogP contribution in [0.15, 0.2) is 109 Å². The lowest BCUT2D eigenvalue weighted by molar-refractivity contribution is -0.211. The average molecular weight is 1080 g/mol. The van der Waals surface area contributed by atoms with Crippen molar-refractivity contribution in [2.45, 2.75) is 81.1 Å². The molecule has 9 unspecified atom stereocenters. The average Bonchev–Trinajstić information content (AvgIpc) is 3.42. The van der Waals surface area contributed by atoms with Crippen molar-refractivity contribution >= 4 is 46.9 Å². The van der Waals surface area contributed by atoms with Crippen molar-refractivity contribution in [1.82, 2.24) is 26.6 Å². The number of halogens is 2. The van der Waals surface area contributed by atoms with Crippen LogP contribution in [-0.4, -0.2) is 98.6 Å². The van der Waals surface area contributed by atoms with Gasteiger partial charge in [0.2, 0.25) is 29.8 Å². The molecule has 1 saturated heterocycles. The van der Waals surface area contributed by atoms with E-state index in [1.165, 1.54) is 56.6 Å². The zero-order valence-electron chi connectivity index (χ0n) is 41.1. The van der Waals surface area contributed by atoms with E-state index in [0.717, 1.165) is 34.9 Å². The predicted molar refractivity (Wildman–Crippen MR) is 277 cm³/mol. The Labute approximate surface area is 445 Å². The molecule has 9 atom stereocenters. The number of carbonyl (C=O) groups is 4. The summed E-state index contributed by atoms with van der Waals surface area (Å²) in [6.45, 7) is 3.95. The van der Waals surface area contributed by atoms with Gasteiger partial charge in [-0.15, -0.1) is 0 Å². The van der Waals surface area contributed by atoms with Gasteiger partial charge in [0.25, 0.3) is 0 Å². The van der Waals surface area contributed by atoms with Crippen LogP contribution in [0.25, 0.3) is 22.3 Å². The van der Waals surface area contributed by atoms with Gasteiger partial charge < -0.3 is 76.2 Å². The van der Waals surface area contributed by atoms with E-state index in [0.29, 0.717) is 11.6 Å². The van der Waals surface area contributed by atoms with Gasteiger partial charge in [-0.3, -0.25) is 14.4 Å². The van der Waals surface area contributed by atoms with Crippen LogP contribution in [0.2, 0.25) is 10.0 Å². The Bertz CT molecular complexity index is 3240. The van der Waals surface area contributed by atoms with Crippen molar-refractivity contribution in [2.75, 3.05) is 14.2 Å². The van der Waals surface area contributed by atoms with E-state index in [-0.39, 0.29) is 67.8 Å². The quantitative estimate of drug-likeness (QED) is 0.0730. The number of carbonyl (C=O) groups excluding carboxylic acids is 3. The molecule has 11 N–H and O–H groups in total. The van der Waals surface area contributed by atoms with E-state index >= 15 is 0 Å². The summed E-state index contributed by atoms with van der Waals surface area (Å²) in [7, 11) is 2.85. The molecule has 0 aliphatic carbocycles. The zero-order valence-corrected chi connectivity index (χ0v) is 42.6. The summed E-state index contributed by atoms with van der Waals surface area (Å²) >= 11 is 13.0. The first-order chi connectivity index (χ1) is 36.2.